The lowest BCUT2D eigenvalue weighted by Crippen LogP contribution is -2.39. The van der Waals surface area contributed by atoms with E-state index in [1.54, 1.807) is 0 Å². The highest BCUT2D eigenvalue weighted by atomic mass is 19.1. The predicted octanol–water partition coefficient (Wildman–Crippen LogP) is 3.46. The van der Waals surface area contributed by atoms with Crippen molar-refractivity contribution in [2.45, 2.75) is 26.3 Å². The third-order valence-corrected chi connectivity index (χ3v) is 3.76. The zero-order chi connectivity index (χ0) is 18.2. The summed E-state index contributed by atoms with van der Waals surface area (Å²) >= 11 is 0. The van der Waals surface area contributed by atoms with Gasteiger partial charge in [0.2, 0.25) is 5.91 Å². The third-order valence-electron chi connectivity index (χ3n) is 3.76. The van der Waals surface area contributed by atoms with E-state index >= 15 is 0 Å². The van der Waals surface area contributed by atoms with Crippen molar-refractivity contribution in [3.05, 3.63) is 71.5 Å². The van der Waals surface area contributed by atoms with Crippen LogP contribution in [-0.2, 0) is 4.79 Å². The molecule has 0 fully saturated rings. The van der Waals surface area contributed by atoms with Gasteiger partial charge in [-0.15, -0.1) is 0 Å². The molecule has 5 heteroatoms. The molecule has 2 aromatic rings. The van der Waals surface area contributed by atoms with Gasteiger partial charge in [0.25, 0.3) is 5.91 Å². The van der Waals surface area contributed by atoms with Crippen LogP contribution in [0, 0.1) is 11.7 Å². The Hall–Kier alpha value is -2.69. The normalized spacial score (nSPS) is 11.8. The summed E-state index contributed by atoms with van der Waals surface area (Å²) in [4.78, 5) is 24.2. The summed E-state index contributed by atoms with van der Waals surface area (Å²) in [7, 11) is 0. The van der Waals surface area contributed by atoms with Crippen molar-refractivity contribution in [2.24, 2.45) is 5.92 Å². The summed E-state index contributed by atoms with van der Waals surface area (Å²) in [6.45, 7) is 4.06. The van der Waals surface area contributed by atoms with Gasteiger partial charge in [-0.1, -0.05) is 44.2 Å². The highest BCUT2D eigenvalue weighted by Crippen LogP contribution is 2.20. The Bertz CT molecular complexity index is 699. The van der Waals surface area contributed by atoms with E-state index in [0.717, 1.165) is 12.0 Å². The molecule has 1 unspecified atom stereocenters. The third kappa shape index (κ3) is 6.03. The molecule has 132 valence electrons. The van der Waals surface area contributed by atoms with Gasteiger partial charge in [0, 0.05) is 5.56 Å². The molecule has 2 aromatic carbocycles. The first-order chi connectivity index (χ1) is 12.0. The number of halogens is 1. The van der Waals surface area contributed by atoms with E-state index in [1.165, 1.54) is 24.3 Å². The van der Waals surface area contributed by atoms with Gasteiger partial charge in [-0.05, 0) is 42.2 Å². The molecular weight excluding hydrogens is 319 g/mol. The van der Waals surface area contributed by atoms with Crippen molar-refractivity contribution in [3.8, 4) is 0 Å². The van der Waals surface area contributed by atoms with Crippen LogP contribution in [0.2, 0.25) is 0 Å². The Balaban J connectivity index is 1.92. The van der Waals surface area contributed by atoms with E-state index in [4.69, 9.17) is 0 Å². The molecule has 1 atom stereocenters. The fourth-order valence-electron chi connectivity index (χ4n) is 2.54. The second-order valence-electron chi connectivity index (χ2n) is 6.35. The van der Waals surface area contributed by atoms with Crippen molar-refractivity contribution in [1.29, 1.82) is 0 Å². The van der Waals surface area contributed by atoms with Gasteiger partial charge in [-0.2, -0.15) is 0 Å². The molecule has 2 rings (SSSR count). The molecule has 0 radical (unpaired) electrons. The van der Waals surface area contributed by atoms with Crippen LogP contribution in [0.25, 0.3) is 0 Å². The van der Waals surface area contributed by atoms with Gasteiger partial charge in [0.05, 0.1) is 12.6 Å². The van der Waals surface area contributed by atoms with Gasteiger partial charge in [-0.3, -0.25) is 9.59 Å². The summed E-state index contributed by atoms with van der Waals surface area (Å²) < 4.78 is 12.9. The molecule has 25 heavy (non-hydrogen) atoms. The fraction of sp³-hybridized carbons (Fsp3) is 0.300. The van der Waals surface area contributed by atoms with Crippen LogP contribution < -0.4 is 10.6 Å². The van der Waals surface area contributed by atoms with Crippen LogP contribution >= 0.6 is 0 Å². The molecule has 2 N–H and O–H groups in total. The zero-order valence-corrected chi connectivity index (χ0v) is 14.5. The minimum atomic E-state index is -0.409. The molecule has 0 heterocycles. The number of amides is 2. The number of hydrogen-bond donors (Lipinski definition) is 2. The molecule has 0 saturated heterocycles. The first kappa shape index (κ1) is 18.6. The van der Waals surface area contributed by atoms with E-state index in [0.29, 0.717) is 11.5 Å². The smallest absolute Gasteiger partial charge is 0.251 e. The minimum Gasteiger partial charge on any atom is -0.348 e. The number of hydrogen-bond acceptors (Lipinski definition) is 2. The minimum absolute atomic E-state index is 0.101. The Morgan fingerprint density at radius 2 is 1.64 bits per heavy atom. The van der Waals surface area contributed by atoms with Crippen LogP contribution in [0.3, 0.4) is 0 Å². The molecule has 0 saturated carbocycles. The van der Waals surface area contributed by atoms with Gasteiger partial charge in [0.15, 0.2) is 0 Å². The van der Waals surface area contributed by atoms with E-state index < -0.39 is 11.7 Å². The number of rotatable bonds is 7. The van der Waals surface area contributed by atoms with Crippen LogP contribution in [0.1, 0.15) is 42.2 Å². The standard InChI is InChI=1S/C20H23FN2O2/c1-14(2)12-18(15-6-4-3-5-7-15)23-19(24)13-22-20(25)16-8-10-17(21)11-9-16/h3-11,14,18H,12-13H2,1-2H3,(H,22,25)(H,23,24). The average molecular weight is 342 g/mol. The second kappa shape index (κ2) is 8.97. The van der Waals surface area contributed by atoms with Crippen LogP contribution in [-0.4, -0.2) is 18.4 Å². The Morgan fingerprint density at radius 3 is 2.24 bits per heavy atom. The lowest BCUT2D eigenvalue weighted by molar-refractivity contribution is -0.121. The second-order valence-corrected chi connectivity index (χ2v) is 6.35. The van der Waals surface area contributed by atoms with Gasteiger partial charge in [0.1, 0.15) is 5.82 Å². The summed E-state index contributed by atoms with van der Waals surface area (Å²) in [6.07, 6.45) is 0.807. The zero-order valence-electron chi connectivity index (χ0n) is 14.5. The van der Waals surface area contributed by atoms with E-state index in [1.807, 2.05) is 30.3 Å². The Labute approximate surface area is 147 Å². The maximum absolute atomic E-state index is 12.9. The number of carbonyl (C=O) groups is 2. The highest BCUT2D eigenvalue weighted by Gasteiger charge is 2.16. The summed E-state index contributed by atoms with van der Waals surface area (Å²) in [5.74, 6) is -0.659. The maximum Gasteiger partial charge on any atom is 0.251 e. The number of nitrogens with one attached hydrogen (secondary N) is 2. The quantitative estimate of drug-likeness (QED) is 0.809. The number of benzene rings is 2. The van der Waals surface area contributed by atoms with Crippen LogP contribution in [0.15, 0.2) is 54.6 Å². The van der Waals surface area contributed by atoms with Crippen molar-refractivity contribution >= 4 is 11.8 Å². The molecule has 0 aliphatic rings. The lowest BCUT2D eigenvalue weighted by atomic mass is 9.97. The lowest BCUT2D eigenvalue weighted by Gasteiger charge is -2.21. The Morgan fingerprint density at radius 1 is 1.00 bits per heavy atom. The molecule has 0 spiro atoms. The molecule has 2 amide bonds. The summed E-state index contributed by atoms with van der Waals surface area (Å²) in [5.41, 5.74) is 1.35. The van der Waals surface area contributed by atoms with Crippen molar-refractivity contribution in [3.63, 3.8) is 0 Å². The van der Waals surface area contributed by atoms with E-state index in [9.17, 15) is 14.0 Å². The summed E-state index contributed by atoms with van der Waals surface area (Å²) in [5, 5.41) is 5.52. The predicted molar refractivity (Wildman–Crippen MR) is 95.5 cm³/mol. The fourth-order valence-corrected chi connectivity index (χ4v) is 2.54. The first-order valence-electron chi connectivity index (χ1n) is 8.33. The SMILES string of the molecule is CC(C)CC(NC(=O)CNC(=O)c1ccc(F)cc1)c1ccccc1. The molecular formula is C20H23FN2O2. The van der Waals surface area contributed by atoms with Gasteiger partial charge >= 0.3 is 0 Å². The van der Waals surface area contributed by atoms with Crippen LogP contribution in [0.5, 0.6) is 0 Å². The van der Waals surface area contributed by atoms with E-state index in [2.05, 4.69) is 24.5 Å². The molecule has 0 bridgehead atoms. The first-order valence-corrected chi connectivity index (χ1v) is 8.33. The summed E-state index contributed by atoms with van der Waals surface area (Å²) in [6, 6.07) is 14.8. The van der Waals surface area contributed by atoms with Crippen LogP contribution in [0.4, 0.5) is 4.39 Å². The molecule has 0 aliphatic heterocycles. The molecule has 0 aromatic heterocycles. The van der Waals surface area contributed by atoms with Crippen molar-refractivity contribution in [1.82, 2.24) is 10.6 Å². The highest BCUT2D eigenvalue weighted by molar-refractivity contribution is 5.96. The topological polar surface area (TPSA) is 58.2 Å². The monoisotopic (exact) mass is 342 g/mol. The average Bonchev–Trinajstić information content (AvgIpc) is 2.60. The molecule has 4 nitrogen and oxygen atoms in total. The van der Waals surface area contributed by atoms with E-state index in [-0.39, 0.29) is 18.5 Å². The van der Waals surface area contributed by atoms with Crippen molar-refractivity contribution < 1.29 is 14.0 Å². The largest absolute Gasteiger partial charge is 0.348 e. The molecule has 0 aliphatic carbocycles. The maximum atomic E-state index is 12.9. The number of carbonyl (C=O) groups excluding carboxylic acids is 2. The van der Waals surface area contributed by atoms with Gasteiger partial charge < -0.3 is 10.6 Å². The van der Waals surface area contributed by atoms with Gasteiger partial charge in [-0.25, -0.2) is 4.39 Å². The van der Waals surface area contributed by atoms with Crippen molar-refractivity contribution in [2.75, 3.05) is 6.54 Å². The Kier molecular flexibility index (Phi) is 6.69.